The molecule has 0 saturated carbocycles. The maximum absolute atomic E-state index is 4.78. The van der Waals surface area contributed by atoms with Gasteiger partial charge >= 0.3 is 0 Å². The smallest absolute Gasteiger partial charge is 0.133 e. The summed E-state index contributed by atoms with van der Waals surface area (Å²) >= 11 is 0. The first-order valence-electron chi connectivity index (χ1n) is 8.14. The van der Waals surface area contributed by atoms with E-state index in [1.54, 1.807) is 0 Å². The molecule has 2 heterocycles. The van der Waals surface area contributed by atoms with E-state index in [2.05, 4.69) is 52.8 Å². The Hall–Kier alpha value is -2.68. The molecule has 0 amide bonds. The van der Waals surface area contributed by atoms with Crippen LogP contribution < -0.4 is 5.32 Å². The van der Waals surface area contributed by atoms with Gasteiger partial charge in [0, 0.05) is 35.6 Å². The molecule has 0 bridgehead atoms. The number of aryl methyl sites for hydroxylation is 1. The molecule has 1 aliphatic rings. The Bertz CT molecular complexity index is 848. The summed E-state index contributed by atoms with van der Waals surface area (Å²) in [6, 6.07) is 16.9. The van der Waals surface area contributed by atoms with Crippen LogP contribution in [0.15, 0.2) is 65.9 Å². The number of nitrogens with one attached hydrogen (secondary N) is 1. The number of rotatable bonds is 5. The van der Waals surface area contributed by atoms with Crippen LogP contribution in [-0.2, 0) is 6.42 Å². The minimum atomic E-state index is 0.854. The Morgan fingerprint density at radius 3 is 2.74 bits per heavy atom. The average molecular weight is 301 g/mol. The highest BCUT2D eigenvalue weighted by Crippen LogP contribution is 2.32. The molecule has 0 atom stereocenters. The zero-order chi connectivity index (χ0) is 15.5. The van der Waals surface area contributed by atoms with Gasteiger partial charge in [-0.25, -0.2) is 0 Å². The number of hydrogen-bond donors (Lipinski definition) is 1. The maximum Gasteiger partial charge on any atom is 0.133 e. The van der Waals surface area contributed by atoms with Crippen molar-refractivity contribution in [2.75, 3.05) is 11.9 Å². The number of nitrogens with zero attached hydrogens (tertiary/aromatic N) is 2. The molecule has 0 radical (unpaired) electrons. The lowest BCUT2D eigenvalue weighted by Gasteiger charge is -2.02. The molecule has 1 N–H and O–H groups in total. The van der Waals surface area contributed by atoms with Crippen LogP contribution in [0, 0.1) is 0 Å². The van der Waals surface area contributed by atoms with E-state index in [1.165, 1.54) is 27.6 Å². The van der Waals surface area contributed by atoms with Crippen LogP contribution in [0.5, 0.6) is 0 Å². The second-order valence-electron chi connectivity index (χ2n) is 5.88. The summed E-state index contributed by atoms with van der Waals surface area (Å²) in [6.07, 6.45) is 7.06. The molecule has 3 heteroatoms. The number of aliphatic imine (C=N–C) groups is 1. The molecular weight excluding hydrogens is 282 g/mol. The van der Waals surface area contributed by atoms with E-state index in [1.807, 2.05) is 18.5 Å². The first kappa shape index (κ1) is 13.9. The van der Waals surface area contributed by atoms with E-state index < -0.39 is 0 Å². The van der Waals surface area contributed by atoms with Crippen molar-refractivity contribution in [3.05, 3.63) is 72.1 Å². The van der Waals surface area contributed by atoms with E-state index in [0.717, 1.165) is 31.6 Å². The Morgan fingerprint density at radius 2 is 1.87 bits per heavy atom. The fourth-order valence-electron chi connectivity index (χ4n) is 3.14. The number of hydrogen-bond acceptors (Lipinski definition) is 2. The molecular formula is C20H19N3. The Labute approximate surface area is 136 Å². The third-order valence-electron chi connectivity index (χ3n) is 4.28. The Kier molecular flexibility index (Phi) is 3.76. The molecule has 23 heavy (non-hydrogen) atoms. The van der Waals surface area contributed by atoms with Gasteiger partial charge in [-0.2, -0.15) is 0 Å². The van der Waals surface area contributed by atoms with Gasteiger partial charge in [-0.1, -0.05) is 36.4 Å². The highest BCUT2D eigenvalue weighted by Gasteiger charge is 2.18. The molecule has 0 fully saturated rings. The molecule has 0 aliphatic carbocycles. The van der Waals surface area contributed by atoms with Gasteiger partial charge in [0.05, 0.1) is 0 Å². The second kappa shape index (κ2) is 6.21. The van der Waals surface area contributed by atoms with Crippen molar-refractivity contribution in [1.29, 1.82) is 0 Å². The monoisotopic (exact) mass is 301 g/mol. The summed E-state index contributed by atoms with van der Waals surface area (Å²) in [7, 11) is 0. The van der Waals surface area contributed by atoms with Gasteiger partial charge in [0.2, 0.25) is 0 Å². The molecule has 3 aromatic rings. The molecule has 114 valence electrons. The van der Waals surface area contributed by atoms with E-state index in [-0.39, 0.29) is 0 Å². The Balaban J connectivity index is 1.40. The number of pyridine rings is 1. The SMILES string of the molecule is c1cncc(CCCCN=C2Nc3cccc4cccc2c34)c1. The van der Waals surface area contributed by atoms with Crippen molar-refractivity contribution in [1.82, 2.24) is 4.98 Å². The van der Waals surface area contributed by atoms with Gasteiger partial charge < -0.3 is 5.32 Å². The van der Waals surface area contributed by atoms with Crippen molar-refractivity contribution in [2.45, 2.75) is 19.3 Å². The normalized spacial score (nSPS) is 14.3. The molecule has 1 aromatic heterocycles. The molecule has 3 nitrogen and oxygen atoms in total. The van der Waals surface area contributed by atoms with Crippen molar-refractivity contribution < 1.29 is 0 Å². The van der Waals surface area contributed by atoms with Gasteiger partial charge in [0.1, 0.15) is 5.84 Å². The zero-order valence-electron chi connectivity index (χ0n) is 13.0. The largest absolute Gasteiger partial charge is 0.339 e. The first-order valence-corrected chi connectivity index (χ1v) is 8.14. The fraction of sp³-hybridized carbons (Fsp3) is 0.200. The number of aromatic nitrogens is 1. The van der Waals surface area contributed by atoms with Crippen LogP contribution in [-0.4, -0.2) is 17.4 Å². The molecule has 4 rings (SSSR count). The van der Waals surface area contributed by atoms with E-state index in [0.29, 0.717) is 0 Å². The molecule has 1 aliphatic heterocycles. The summed E-state index contributed by atoms with van der Waals surface area (Å²) in [5.74, 6) is 1.01. The molecule has 0 spiro atoms. The highest BCUT2D eigenvalue weighted by molar-refractivity contribution is 6.25. The maximum atomic E-state index is 4.78. The van der Waals surface area contributed by atoms with Gasteiger partial charge in [-0.05, 0) is 42.3 Å². The van der Waals surface area contributed by atoms with E-state index in [4.69, 9.17) is 4.99 Å². The predicted octanol–water partition coefficient (Wildman–Crippen LogP) is 4.43. The lowest BCUT2D eigenvalue weighted by Crippen LogP contribution is -2.08. The van der Waals surface area contributed by atoms with Crippen LogP contribution in [0.3, 0.4) is 0 Å². The van der Waals surface area contributed by atoms with Crippen molar-refractivity contribution in [2.24, 2.45) is 4.99 Å². The number of amidine groups is 1. The van der Waals surface area contributed by atoms with Crippen molar-refractivity contribution in [3.8, 4) is 0 Å². The van der Waals surface area contributed by atoms with Gasteiger partial charge in [-0.3, -0.25) is 9.98 Å². The van der Waals surface area contributed by atoms with Crippen LogP contribution in [0.1, 0.15) is 24.0 Å². The topological polar surface area (TPSA) is 37.3 Å². The van der Waals surface area contributed by atoms with Gasteiger partial charge in [0.15, 0.2) is 0 Å². The van der Waals surface area contributed by atoms with Crippen LogP contribution in [0.4, 0.5) is 5.69 Å². The number of benzene rings is 2. The standard InChI is InChI=1S/C20H19N3/c1(6-15-7-5-12-21-14-15)2-13-22-20-17-10-3-8-16-9-4-11-18(23-20)19(16)17/h3-5,7-12,14H,1-2,6,13H2,(H,22,23). The number of anilines is 1. The summed E-state index contributed by atoms with van der Waals surface area (Å²) < 4.78 is 0. The minimum Gasteiger partial charge on any atom is -0.339 e. The quantitative estimate of drug-likeness (QED) is 0.708. The number of unbranched alkanes of at least 4 members (excludes halogenated alkanes) is 1. The van der Waals surface area contributed by atoms with E-state index in [9.17, 15) is 0 Å². The van der Waals surface area contributed by atoms with Crippen LogP contribution in [0.2, 0.25) is 0 Å². The molecule has 0 unspecified atom stereocenters. The van der Waals surface area contributed by atoms with Crippen molar-refractivity contribution >= 4 is 22.3 Å². The summed E-state index contributed by atoms with van der Waals surface area (Å²) in [6.45, 7) is 0.854. The molecule has 2 aromatic carbocycles. The average Bonchev–Trinajstić information content (AvgIpc) is 2.96. The van der Waals surface area contributed by atoms with Gasteiger partial charge in [0.25, 0.3) is 0 Å². The summed E-state index contributed by atoms with van der Waals surface area (Å²) in [5.41, 5.74) is 3.70. The highest BCUT2D eigenvalue weighted by atomic mass is 15.0. The third-order valence-corrected chi connectivity index (χ3v) is 4.28. The first-order chi connectivity index (χ1) is 11.4. The van der Waals surface area contributed by atoms with Crippen LogP contribution >= 0.6 is 0 Å². The fourth-order valence-corrected chi connectivity index (χ4v) is 3.14. The lowest BCUT2D eigenvalue weighted by molar-refractivity contribution is 0.744. The zero-order valence-corrected chi connectivity index (χ0v) is 13.0. The Morgan fingerprint density at radius 1 is 0.957 bits per heavy atom. The lowest BCUT2D eigenvalue weighted by atomic mass is 10.1. The van der Waals surface area contributed by atoms with Gasteiger partial charge in [-0.15, -0.1) is 0 Å². The minimum absolute atomic E-state index is 0.854. The van der Waals surface area contributed by atoms with E-state index >= 15 is 0 Å². The predicted molar refractivity (Wildman–Crippen MR) is 96.1 cm³/mol. The third kappa shape index (κ3) is 2.82. The van der Waals surface area contributed by atoms with Crippen LogP contribution in [0.25, 0.3) is 10.8 Å². The summed E-state index contributed by atoms with van der Waals surface area (Å²) in [4.78, 5) is 8.94. The summed E-state index contributed by atoms with van der Waals surface area (Å²) in [5, 5.41) is 6.02. The van der Waals surface area contributed by atoms with Crippen molar-refractivity contribution in [3.63, 3.8) is 0 Å². The molecule has 0 saturated heterocycles. The second-order valence-corrected chi connectivity index (χ2v) is 5.88.